The molecule has 0 amide bonds. The van der Waals surface area contributed by atoms with Crippen LogP contribution < -0.4 is 0 Å². The van der Waals surface area contributed by atoms with E-state index in [1.807, 2.05) is 12.2 Å². The van der Waals surface area contributed by atoms with Gasteiger partial charge < -0.3 is 38.6 Å². The van der Waals surface area contributed by atoms with Crippen molar-refractivity contribution in [1.29, 1.82) is 0 Å². The van der Waals surface area contributed by atoms with E-state index in [-0.39, 0.29) is 11.8 Å². The number of methoxy groups -OCH3 is 6. The number of aliphatic hydroxyl groups is 2. The molecule has 8 rings (SSSR count). The van der Waals surface area contributed by atoms with Crippen LogP contribution in [0.2, 0.25) is 0 Å². The minimum Gasteiger partial charge on any atom is -0.384 e. The topological polar surface area (TPSA) is 95.8 Å². The first kappa shape index (κ1) is 22.9. The van der Waals surface area contributed by atoms with Gasteiger partial charge in [0.25, 0.3) is 0 Å². The lowest BCUT2D eigenvalue weighted by Gasteiger charge is -3.01. The van der Waals surface area contributed by atoms with Crippen molar-refractivity contribution < 1.29 is 38.6 Å². The second-order valence-electron chi connectivity index (χ2n) is 10.0. The first-order valence-electron chi connectivity index (χ1n) is 11.2. The number of allylic oxidation sites excluding steroid dienone is 2. The standard InChI is InChI=1S/C24H36O8/c1-9-11-19-13-14-20(12-10-2)16(24(31-7,32-8)17(25)21(14,19)27-3)15(19)23(29-5,30-6)18(26)22(13,20)28-4/h9-10,13-18,25-26H,1-2,11-12H2,3-8H3/t13-,14-,15+,16+,17-,18-,19+,20+,21+,22+/m0/s1. The summed E-state index contributed by atoms with van der Waals surface area (Å²) in [5.41, 5.74) is -3.40. The Morgan fingerprint density at radius 2 is 0.906 bits per heavy atom. The van der Waals surface area contributed by atoms with E-state index in [4.69, 9.17) is 28.4 Å². The van der Waals surface area contributed by atoms with Crippen molar-refractivity contribution in [3.63, 3.8) is 0 Å². The third-order valence-electron chi connectivity index (χ3n) is 10.6. The predicted octanol–water partition coefficient (Wildman–Crippen LogP) is 1.11. The molecule has 8 bridgehead atoms. The van der Waals surface area contributed by atoms with E-state index in [0.717, 1.165) is 0 Å². The molecule has 8 heteroatoms. The van der Waals surface area contributed by atoms with E-state index >= 15 is 0 Å². The molecule has 0 aromatic heterocycles. The molecule has 8 fully saturated rings. The number of ether oxygens (including phenoxy) is 6. The third kappa shape index (κ3) is 1.52. The van der Waals surface area contributed by atoms with E-state index in [0.29, 0.717) is 12.8 Å². The van der Waals surface area contributed by atoms with E-state index < -0.39 is 57.7 Å². The van der Waals surface area contributed by atoms with E-state index in [2.05, 4.69) is 13.2 Å². The minimum atomic E-state index is -1.43. The van der Waals surface area contributed by atoms with Gasteiger partial charge in [0.05, 0.1) is 0 Å². The molecule has 2 N–H and O–H groups in total. The van der Waals surface area contributed by atoms with Crippen LogP contribution >= 0.6 is 0 Å². The second-order valence-corrected chi connectivity index (χ2v) is 10.0. The molecule has 10 atom stereocenters. The van der Waals surface area contributed by atoms with E-state index in [1.165, 1.54) is 28.4 Å². The predicted molar refractivity (Wildman–Crippen MR) is 113 cm³/mol. The average Bonchev–Trinajstić information content (AvgIpc) is 2.79. The summed E-state index contributed by atoms with van der Waals surface area (Å²) >= 11 is 0. The maximum atomic E-state index is 11.9. The summed E-state index contributed by atoms with van der Waals surface area (Å²) in [7, 11) is 9.38. The van der Waals surface area contributed by atoms with Crippen molar-refractivity contribution in [2.75, 3.05) is 42.7 Å². The summed E-state index contributed by atoms with van der Waals surface area (Å²) in [6, 6.07) is 0. The summed E-state index contributed by atoms with van der Waals surface area (Å²) in [5, 5.41) is 23.8. The Bertz CT molecular complexity index is 770. The van der Waals surface area contributed by atoms with Gasteiger partial charge >= 0.3 is 0 Å². The fourth-order valence-electron chi connectivity index (χ4n) is 10.4. The lowest BCUT2D eigenvalue weighted by molar-refractivity contribution is -0.645. The summed E-state index contributed by atoms with van der Waals surface area (Å²) < 4.78 is 36.9. The van der Waals surface area contributed by atoms with Gasteiger partial charge in [-0.15, -0.1) is 13.2 Å². The van der Waals surface area contributed by atoms with Crippen molar-refractivity contribution in [2.24, 2.45) is 34.5 Å². The molecule has 8 nitrogen and oxygen atoms in total. The van der Waals surface area contributed by atoms with Crippen LogP contribution in [-0.2, 0) is 28.4 Å². The van der Waals surface area contributed by atoms with Gasteiger partial charge in [-0.3, -0.25) is 0 Å². The summed E-state index contributed by atoms with van der Waals surface area (Å²) in [5.74, 6) is -3.91. The minimum absolute atomic E-state index is 0.0889. The normalized spacial score (nSPS) is 54.6. The van der Waals surface area contributed by atoms with Gasteiger partial charge in [0.2, 0.25) is 11.6 Å². The van der Waals surface area contributed by atoms with Crippen LogP contribution in [0.3, 0.4) is 0 Å². The lowest BCUT2D eigenvalue weighted by Crippen LogP contribution is -3.12. The molecule has 0 aliphatic heterocycles. The van der Waals surface area contributed by atoms with Crippen LogP contribution in [0.15, 0.2) is 25.3 Å². The zero-order valence-electron chi connectivity index (χ0n) is 19.8. The van der Waals surface area contributed by atoms with Crippen molar-refractivity contribution in [2.45, 2.75) is 47.8 Å². The van der Waals surface area contributed by atoms with E-state index in [1.54, 1.807) is 14.2 Å². The molecule has 0 aromatic rings. The third-order valence-corrected chi connectivity index (χ3v) is 10.6. The molecule has 8 aliphatic rings. The Morgan fingerprint density at radius 3 is 1.12 bits per heavy atom. The Kier molecular flexibility index (Phi) is 4.61. The Labute approximate surface area is 189 Å². The monoisotopic (exact) mass is 452 g/mol. The number of fused-ring (bicyclic) bond motifs is 2. The van der Waals surface area contributed by atoms with Crippen LogP contribution in [0.1, 0.15) is 12.8 Å². The van der Waals surface area contributed by atoms with Gasteiger partial charge in [0, 0.05) is 77.2 Å². The molecule has 8 aliphatic carbocycles. The first-order valence-corrected chi connectivity index (χ1v) is 11.2. The second kappa shape index (κ2) is 6.43. The molecule has 0 saturated heterocycles. The fraction of sp³-hybridized carbons (Fsp3) is 0.833. The number of rotatable bonds is 10. The number of aliphatic hydroxyl groups excluding tert-OH is 2. The Morgan fingerprint density at radius 1 is 0.594 bits per heavy atom. The smallest absolute Gasteiger partial charge is 0.200 e. The largest absolute Gasteiger partial charge is 0.384 e. The summed E-state index contributed by atoms with van der Waals surface area (Å²) in [6.07, 6.45) is 2.60. The Balaban J connectivity index is 1.94. The molecular formula is C24H36O8. The van der Waals surface area contributed by atoms with Crippen molar-refractivity contribution >= 4 is 0 Å². The van der Waals surface area contributed by atoms with Crippen LogP contribution in [0.25, 0.3) is 0 Å². The van der Waals surface area contributed by atoms with Crippen LogP contribution in [0.5, 0.6) is 0 Å². The van der Waals surface area contributed by atoms with Crippen molar-refractivity contribution in [1.82, 2.24) is 0 Å². The summed E-state index contributed by atoms with van der Waals surface area (Å²) in [6.45, 7) is 8.06. The van der Waals surface area contributed by atoms with Crippen LogP contribution in [0.4, 0.5) is 0 Å². The SMILES string of the molecule is C=CC[C@@]12[C@H]3[C@H]4C(OC)(OC)[C@@H](O)[C@]1(OC)[C@H]1[C@@H]2[C@@](OC)([C@H](O)C3(OC)OC)[C@@]41CC=C. The van der Waals surface area contributed by atoms with Gasteiger partial charge in [-0.05, 0) is 12.8 Å². The van der Waals surface area contributed by atoms with Crippen LogP contribution in [0, 0.1) is 34.5 Å². The van der Waals surface area contributed by atoms with E-state index in [9.17, 15) is 10.2 Å². The molecular weight excluding hydrogens is 416 g/mol. The molecule has 8 saturated carbocycles. The zero-order chi connectivity index (χ0) is 23.5. The fourth-order valence-corrected chi connectivity index (χ4v) is 10.4. The van der Waals surface area contributed by atoms with Gasteiger partial charge in [0.1, 0.15) is 23.4 Å². The van der Waals surface area contributed by atoms with Gasteiger partial charge in [-0.25, -0.2) is 0 Å². The maximum Gasteiger partial charge on any atom is 0.200 e. The summed E-state index contributed by atoms with van der Waals surface area (Å²) in [4.78, 5) is 0. The molecule has 180 valence electrons. The van der Waals surface area contributed by atoms with Gasteiger partial charge in [-0.1, -0.05) is 12.2 Å². The first-order chi connectivity index (χ1) is 15.3. The average molecular weight is 453 g/mol. The van der Waals surface area contributed by atoms with Crippen LogP contribution in [-0.4, -0.2) is 87.9 Å². The lowest BCUT2D eigenvalue weighted by atomic mass is 9.06. The van der Waals surface area contributed by atoms with Crippen molar-refractivity contribution in [3.8, 4) is 0 Å². The molecule has 0 spiro atoms. The van der Waals surface area contributed by atoms with Gasteiger partial charge in [-0.2, -0.15) is 0 Å². The molecule has 0 radical (unpaired) electrons. The molecule has 0 aromatic carbocycles. The quantitative estimate of drug-likeness (QED) is 0.376. The number of hydrogen-bond acceptors (Lipinski definition) is 8. The number of hydrogen-bond donors (Lipinski definition) is 2. The molecule has 0 unspecified atom stereocenters. The highest BCUT2D eigenvalue weighted by atomic mass is 16.7. The highest BCUT2D eigenvalue weighted by molar-refractivity contribution is 5.55. The van der Waals surface area contributed by atoms with Crippen molar-refractivity contribution in [3.05, 3.63) is 25.3 Å². The Hall–Kier alpha value is -0.840. The zero-order valence-corrected chi connectivity index (χ0v) is 19.8. The van der Waals surface area contributed by atoms with Gasteiger partial charge in [0.15, 0.2) is 0 Å². The highest BCUT2D eigenvalue weighted by Gasteiger charge is 3.09. The molecule has 32 heavy (non-hydrogen) atoms. The molecule has 0 heterocycles. The maximum absolute atomic E-state index is 11.9. The highest BCUT2D eigenvalue weighted by Crippen LogP contribution is 2.99.